The third kappa shape index (κ3) is 1.06. The summed E-state index contributed by atoms with van der Waals surface area (Å²) in [7, 11) is 0. The second-order valence-corrected chi connectivity index (χ2v) is 2.76. The highest BCUT2D eigenvalue weighted by Gasteiger charge is 1.98. The fourth-order valence-corrected chi connectivity index (χ4v) is 1.15. The number of nitrogens with zero attached hydrogens (tertiary/aromatic N) is 3. The lowest BCUT2D eigenvalue weighted by Gasteiger charge is -1.95. The molecule has 2 rings (SSSR count). The second kappa shape index (κ2) is 2.57. The minimum atomic E-state index is 0.514. The molecule has 0 atom stereocenters. The van der Waals surface area contributed by atoms with Crippen molar-refractivity contribution in [2.24, 2.45) is 5.73 Å². The van der Waals surface area contributed by atoms with E-state index >= 15 is 0 Å². The van der Waals surface area contributed by atoms with Crippen molar-refractivity contribution < 1.29 is 0 Å². The number of nitrogens with two attached hydrogens (primary N) is 1. The standard InChI is InChI=1S/C8H10N4/c1-6-4-12-5-7(2-9)3-10-8(12)11-6/h3-5H,2,9H2,1H3. The zero-order chi connectivity index (χ0) is 8.55. The Morgan fingerprint density at radius 1 is 1.50 bits per heavy atom. The Hall–Kier alpha value is -1.42. The molecule has 4 nitrogen and oxygen atoms in total. The summed E-state index contributed by atoms with van der Waals surface area (Å²) in [6, 6.07) is 0. The Labute approximate surface area is 70.1 Å². The summed E-state index contributed by atoms with van der Waals surface area (Å²) in [5.41, 5.74) is 7.46. The van der Waals surface area contributed by atoms with Crippen molar-refractivity contribution in [2.75, 3.05) is 0 Å². The van der Waals surface area contributed by atoms with Gasteiger partial charge < -0.3 is 5.73 Å². The van der Waals surface area contributed by atoms with Crippen LogP contribution in [0.3, 0.4) is 0 Å². The van der Waals surface area contributed by atoms with Crippen LogP contribution in [-0.2, 0) is 6.54 Å². The van der Waals surface area contributed by atoms with E-state index in [0.29, 0.717) is 6.54 Å². The van der Waals surface area contributed by atoms with Crippen molar-refractivity contribution in [3.05, 3.63) is 29.8 Å². The second-order valence-electron chi connectivity index (χ2n) is 2.76. The highest BCUT2D eigenvalue weighted by molar-refractivity contribution is 5.31. The van der Waals surface area contributed by atoms with Gasteiger partial charge in [-0.2, -0.15) is 0 Å². The lowest BCUT2D eigenvalue weighted by Crippen LogP contribution is -1.99. The summed E-state index contributed by atoms with van der Waals surface area (Å²) < 4.78 is 1.89. The fourth-order valence-electron chi connectivity index (χ4n) is 1.15. The van der Waals surface area contributed by atoms with Crippen LogP contribution in [0.1, 0.15) is 11.3 Å². The van der Waals surface area contributed by atoms with Gasteiger partial charge in [0.25, 0.3) is 0 Å². The molecule has 0 radical (unpaired) electrons. The summed E-state index contributed by atoms with van der Waals surface area (Å²) in [6.07, 6.45) is 5.63. The van der Waals surface area contributed by atoms with E-state index in [2.05, 4.69) is 9.97 Å². The Kier molecular flexibility index (Phi) is 1.55. The van der Waals surface area contributed by atoms with Crippen molar-refractivity contribution in [1.82, 2.24) is 14.4 Å². The van der Waals surface area contributed by atoms with Crippen molar-refractivity contribution in [3.8, 4) is 0 Å². The van der Waals surface area contributed by atoms with Gasteiger partial charge in [0.15, 0.2) is 0 Å². The molecule has 0 aliphatic carbocycles. The quantitative estimate of drug-likeness (QED) is 0.664. The van der Waals surface area contributed by atoms with Gasteiger partial charge >= 0.3 is 0 Å². The Bertz CT molecular complexity index is 404. The van der Waals surface area contributed by atoms with Gasteiger partial charge in [-0.25, -0.2) is 9.97 Å². The summed E-state index contributed by atoms with van der Waals surface area (Å²) >= 11 is 0. The molecule has 0 saturated heterocycles. The lowest BCUT2D eigenvalue weighted by atomic mass is 10.3. The van der Waals surface area contributed by atoms with E-state index in [1.165, 1.54) is 0 Å². The van der Waals surface area contributed by atoms with Crippen molar-refractivity contribution in [2.45, 2.75) is 13.5 Å². The lowest BCUT2D eigenvalue weighted by molar-refractivity contribution is 0.990. The molecular weight excluding hydrogens is 152 g/mol. The van der Waals surface area contributed by atoms with Crippen LogP contribution in [0.4, 0.5) is 0 Å². The zero-order valence-electron chi connectivity index (χ0n) is 6.86. The summed E-state index contributed by atoms with van der Waals surface area (Å²) in [5.74, 6) is 0.727. The van der Waals surface area contributed by atoms with Gasteiger partial charge in [-0.15, -0.1) is 0 Å². The molecule has 0 fully saturated rings. The average Bonchev–Trinajstić information content (AvgIpc) is 2.43. The summed E-state index contributed by atoms with van der Waals surface area (Å²) in [6.45, 7) is 2.46. The fraction of sp³-hybridized carbons (Fsp3) is 0.250. The van der Waals surface area contributed by atoms with Crippen molar-refractivity contribution in [1.29, 1.82) is 0 Å². The van der Waals surface area contributed by atoms with Gasteiger partial charge in [0.1, 0.15) is 0 Å². The van der Waals surface area contributed by atoms with E-state index in [0.717, 1.165) is 17.0 Å². The van der Waals surface area contributed by atoms with E-state index in [4.69, 9.17) is 5.73 Å². The molecule has 0 aromatic carbocycles. The predicted octanol–water partition coefficient (Wildman–Crippen LogP) is 0.496. The van der Waals surface area contributed by atoms with Crippen LogP contribution in [0.5, 0.6) is 0 Å². The van der Waals surface area contributed by atoms with Gasteiger partial charge in [-0.1, -0.05) is 0 Å². The van der Waals surface area contributed by atoms with Crippen LogP contribution in [-0.4, -0.2) is 14.4 Å². The third-order valence-electron chi connectivity index (χ3n) is 1.72. The smallest absolute Gasteiger partial charge is 0.233 e. The first-order chi connectivity index (χ1) is 5.79. The first-order valence-electron chi connectivity index (χ1n) is 3.80. The van der Waals surface area contributed by atoms with Crippen LogP contribution < -0.4 is 5.73 Å². The van der Waals surface area contributed by atoms with Gasteiger partial charge in [-0.05, 0) is 6.92 Å². The Morgan fingerprint density at radius 3 is 3.08 bits per heavy atom. The highest BCUT2D eigenvalue weighted by atomic mass is 15.1. The minimum absolute atomic E-state index is 0.514. The molecule has 0 bridgehead atoms. The molecule has 0 aliphatic heterocycles. The topological polar surface area (TPSA) is 56.2 Å². The molecule has 62 valence electrons. The molecule has 0 amide bonds. The molecule has 0 aliphatic rings. The number of hydrogen-bond acceptors (Lipinski definition) is 3. The largest absolute Gasteiger partial charge is 0.326 e. The van der Waals surface area contributed by atoms with Gasteiger partial charge in [-0.3, -0.25) is 4.40 Å². The van der Waals surface area contributed by atoms with E-state index in [9.17, 15) is 0 Å². The van der Waals surface area contributed by atoms with E-state index in [1.54, 1.807) is 6.20 Å². The molecule has 12 heavy (non-hydrogen) atoms. The predicted molar refractivity (Wildman–Crippen MR) is 45.6 cm³/mol. The molecule has 2 N–H and O–H groups in total. The van der Waals surface area contributed by atoms with Gasteiger partial charge in [0.05, 0.1) is 5.69 Å². The third-order valence-corrected chi connectivity index (χ3v) is 1.72. The van der Waals surface area contributed by atoms with Crippen LogP contribution in [0, 0.1) is 6.92 Å². The maximum Gasteiger partial charge on any atom is 0.233 e. The molecule has 2 aromatic heterocycles. The molecule has 2 heterocycles. The molecule has 0 saturated carbocycles. The van der Waals surface area contributed by atoms with Crippen LogP contribution >= 0.6 is 0 Å². The molecule has 2 aromatic rings. The van der Waals surface area contributed by atoms with E-state index < -0.39 is 0 Å². The zero-order valence-corrected chi connectivity index (χ0v) is 6.86. The number of aromatic nitrogens is 3. The van der Waals surface area contributed by atoms with Crippen molar-refractivity contribution in [3.63, 3.8) is 0 Å². The SMILES string of the molecule is Cc1cn2cc(CN)cnc2n1. The number of imidazole rings is 1. The summed E-state index contributed by atoms with van der Waals surface area (Å²) in [5, 5.41) is 0. The number of rotatable bonds is 1. The van der Waals surface area contributed by atoms with E-state index in [1.807, 2.05) is 23.7 Å². The Morgan fingerprint density at radius 2 is 2.33 bits per heavy atom. The first kappa shape index (κ1) is 7.24. The molecule has 0 unspecified atom stereocenters. The van der Waals surface area contributed by atoms with Crippen LogP contribution in [0.15, 0.2) is 18.6 Å². The monoisotopic (exact) mass is 162 g/mol. The number of fused-ring (bicyclic) bond motifs is 1. The number of hydrogen-bond donors (Lipinski definition) is 1. The molecular formula is C8H10N4. The summed E-state index contributed by atoms with van der Waals surface area (Å²) in [4.78, 5) is 8.34. The first-order valence-corrected chi connectivity index (χ1v) is 3.80. The highest BCUT2D eigenvalue weighted by Crippen LogP contribution is 2.02. The minimum Gasteiger partial charge on any atom is -0.326 e. The maximum atomic E-state index is 5.47. The van der Waals surface area contributed by atoms with Gasteiger partial charge in [0.2, 0.25) is 5.78 Å². The van der Waals surface area contributed by atoms with Crippen molar-refractivity contribution >= 4 is 5.78 Å². The molecule has 0 spiro atoms. The maximum absolute atomic E-state index is 5.47. The molecule has 4 heteroatoms. The van der Waals surface area contributed by atoms with E-state index in [-0.39, 0.29) is 0 Å². The van der Waals surface area contributed by atoms with Crippen LogP contribution in [0.25, 0.3) is 5.78 Å². The Balaban J connectivity index is 2.66. The normalized spacial score (nSPS) is 10.8. The average molecular weight is 162 g/mol. The van der Waals surface area contributed by atoms with Crippen LogP contribution in [0.2, 0.25) is 0 Å². The van der Waals surface area contributed by atoms with Gasteiger partial charge in [0, 0.05) is 30.7 Å². The number of aryl methyl sites for hydroxylation is 1.